The number of carbonyl (C=O) groups excluding carboxylic acids is 1. The van der Waals surface area contributed by atoms with E-state index in [0.29, 0.717) is 25.0 Å². The number of nitrogens with one attached hydrogen (secondary N) is 1. The van der Waals surface area contributed by atoms with Crippen LogP contribution in [0.2, 0.25) is 0 Å². The summed E-state index contributed by atoms with van der Waals surface area (Å²) in [6.07, 6.45) is 4.66. The Morgan fingerprint density at radius 2 is 2.21 bits per heavy atom. The molecule has 1 N–H and O–H groups in total. The van der Waals surface area contributed by atoms with Crippen LogP contribution in [0.1, 0.15) is 58.6 Å². The summed E-state index contributed by atoms with van der Waals surface area (Å²) in [6, 6.07) is 3.64. The van der Waals surface area contributed by atoms with E-state index in [9.17, 15) is 4.79 Å². The number of anilines is 1. The van der Waals surface area contributed by atoms with Crippen molar-refractivity contribution in [1.82, 2.24) is 4.98 Å². The Bertz CT molecular complexity index is 562. The lowest BCUT2D eigenvalue weighted by molar-refractivity contribution is -0.148. The molecule has 0 aromatic carbocycles. The Morgan fingerprint density at radius 3 is 2.83 bits per heavy atom. The molecule has 2 rings (SSSR count). The lowest BCUT2D eigenvalue weighted by atomic mass is 9.78. The molecule has 1 amide bonds. The average molecular weight is 334 g/mol. The Morgan fingerprint density at radius 1 is 1.42 bits per heavy atom. The van der Waals surface area contributed by atoms with Crippen molar-refractivity contribution >= 4 is 11.6 Å². The van der Waals surface area contributed by atoms with Crippen molar-refractivity contribution in [2.75, 3.05) is 18.5 Å². The van der Waals surface area contributed by atoms with Crippen molar-refractivity contribution in [2.24, 2.45) is 5.92 Å². The zero-order valence-corrected chi connectivity index (χ0v) is 15.4. The first-order valence-corrected chi connectivity index (χ1v) is 9.06. The largest absolute Gasteiger partial charge is 0.478 e. The van der Waals surface area contributed by atoms with E-state index < -0.39 is 5.60 Å². The van der Waals surface area contributed by atoms with Crippen LogP contribution in [-0.2, 0) is 9.53 Å². The van der Waals surface area contributed by atoms with E-state index in [4.69, 9.17) is 9.47 Å². The normalized spacial score (nSPS) is 23.8. The van der Waals surface area contributed by atoms with Crippen LogP contribution in [0.5, 0.6) is 5.88 Å². The molecule has 0 bridgehead atoms. The fourth-order valence-electron chi connectivity index (χ4n) is 3.34. The van der Waals surface area contributed by atoms with Gasteiger partial charge in [0.15, 0.2) is 0 Å². The van der Waals surface area contributed by atoms with Gasteiger partial charge in [0.2, 0.25) is 5.88 Å². The fraction of sp³-hybridized carbons (Fsp3) is 0.684. The van der Waals surface area contributed by atoms with Gasteiger partial charge >= 0.3 is 0 Å². The summed E-state index contributed by atoms with van der Waals surface area (Å²) >= 11 is 0. The molecule has 0 saturated heterocycles. The zero-order valence-electron chi connectivity index (χ0n) is 15.4. The number of carbonyl (C=O) groups is 1. The maximum absolute atomic E-state index is 13.0. The smallest absolute Gasteiger partial charge is 0.256 e. The number of ether oxygens (including phenoxy) is 2. The van der Waals surface area contributed by atoms with Crippen molar-refractivity contribution in [1.29, 1.82) is 0 Å². The van der Waals surface area contributed by atoms with E-state index in [-0.39, 0.29) is 5.91 Å². The summed E-state index contributed by atoms with van der Waals surface area (Å²) in [5.74, 6) is 1.04. The Kier molecular flexibility index (Phi) is 6.60. The molecule has 1 saturated carbocycles. The molecule has 1 heterocycles. The second-order valence-corrected chi connectivity index (χ2v) is 6.71. The van der Waals surface area contributed by atoms with Gasteiger partial charge in [0.1, 0.15) is 5.60 Å². The van der Waals surface area contributed by atoms with E-state index in [1.807, 2.05) is 19.9 Å². The molecule has 1 fully saturated rings. The molecule has 1 aromatic heterocycles. The van der Waals surface area contributed by atoms with Gasteiger partial charge in [-0.15, -0.1) is 0 Å². The third-order valence-electron chi connectivity index (χ3n) is 4.55. The quantitative estimate of drug-likeness (QED) is 0.815. The molecule has 1 aliphatic rings. The average Bonchev–Trinajstić information content (AvgIpc) is 2.55. The van der Waals surface area contributed by atoms with Gasteiger partial charge in [0.25, 0.3) is 5.91 Å². The number of nitrogens with zero attached hydrogens (tertiary/aromatic N) is 1. The monoisotopic (exact) mass is 334 g/mol. The van der Waals surface area contributed by atoms with E-state index in [0.717, 1.165) is 43.5 Å². The predicted octanol–water partition coefficient (Wildman–Crippen LogP) is 4.10. The number of rotatable bonds is 7. The number of aryl methyl sites for hydroxylation is 1. The Hall–Kier alpha value is -1.62. The van der Waals surface area contributed by atoms with E-state index in [2.05, 4.69) is 24.1 Å². The number of hydrogen-bond acceptors (Lipinski definition) is 4. The van der Waals surface area contributed by atoms with Crippen LogP contribution in [0.15, 0.2) is 12.1 Å². The molecule has 1 aromatic rings. The van der Waals surface area contributed by atoms with E-state index in [1.54, 1.807) is 6.07 Å². The zero-order chi connectivity index (χ0) is 17.6. The van der Waals surface area contributed by atoms with Gasteiger partial charge in [0.05, 0.1) is 18.0 Å². The van der Waals surface area contributed by atoms with Gasteiger partial charge in [0, 0.05) is 12.7 Å². The molecule has 134 valence electrons. The van der Waals surface area contributed by atoms with Gasteiger partial charge in [-0.05, 0) is 51.5 Å². The van der Waals surface area contributed by atoms with Crippen LogP contribution in [0, 0.1) is 12.8 Å². The summed E-state index contributed by atoms with van der Waals surface area (Å²) in [5, 5.41) is 3.04. The summed E-state index contributed by atoms with van der Waals surface area (Å²) in [5.41, 5.74) is 0.767. The fourth-order valence-corrected chi connectivity index (χ4v) is 3.34. The predicted molar refractivity (Wildman–Crippen MR) is 95.4 cm³/mol. The van der Waals surface area contributed by atoms with Crippen molar-refractivity contribution in [2.45, 2.75) is 65.4 Å². The molecular weight excluding hydrogens is 304 g/mol. The van der Waals surface area contributed by atoms with Crippen molar-refractivity contribution in [3.05, 3.63) is 17.8 Å². The third-order valence-corrected chi connectivity index (χ3v) is 4.55. The first-order valence-electron chi connectivity index (χ1n) is 9.06. The van der Waals surface area contributed by atoms with Gasteiger partial charge in [-0.1, -0.05) is 20.3 Å². The molecule has 24 heavy (non-hydrogen) atoms. The van der Waals surface area contributed by atoms with Gasteiger partial charge in [-0.3, -0.25) is 4.79 Å². The molecule has 0 spiro atoms. The first-order chi connectivity index (χ1) is 11.5. The highest BCUT2D eigenvalue weighted by atomic mass is 16.5. The highest BCUT2D eigenvalue weighted by Gasteiger charge is 2.42. The molecule has 0 unspecified atom stereocenters. The van der Waals surface area contributed by atoms with E-state index >= 15 is 0 Å². The molecule has 2 atom stereocenters. The number of amides is 1. The van der Waals surface area contributed by atoms with Gasteiger partial charge in [-0.2, -0.15) is 0 Å². The van der Waals surface area contributed by atoms with Gasteiger partial charge < -0.3 is 14.8 Å². The van der Waals surface area contributed by atoms with Crippen LogP contribution < -0.4 is 10.1 Å². The third kappa shape index (κ3) is 4.47. The lowest BCUT2D eigenvalue weighted by Crippen LogP contribution is -2.49. The Labute approximate surface area is 145 Å². The topological polar surface area (TPSA) is 60.5 Å². The summed E-state index contributed by atoms with van der Waals surface area (Å²) in [6.45, 7) is 9.25. The highest BCUT2D eigenvalue weighted by molar-refractivity contribution is 5.97. The Balaban J connectivity index is 2.15. The number of aromatic nitrogens is 1. The lowest BCUT2D eigenvalue weighted by Gasteiger charge is -2.38. The second-order valence-electron chi connectivity index (χ2n) is 6.71. The van der Waals surface area contributed by atoms with Crippen LogP contribution in [0.3, 0.4) is 0 Å². The van der Waals surface area contributed by atoms with Crippen LogP contribution in [0.4, 0.5) is 5.69 Å². The maximum atomic E-state index is 13.0. The summed E-state index contributed by atoms with van der Waals surface area (Å²) < 4.78 is 11.5. The minimum atomic E-state index is -0.710. The van der Waals surface area contributed by atoms with Crippen molar-refractivity contribution < 1.29 is 14.3 Å². The maximum Gasteiger partial charge on any atom is 0.256 e. The summed E-state index contributed by atoms with van der Waals surface area (Å²) in [4.78, 5) is 17.4. The van der Waals surface area contributed by atoms with E-state index in [1.165, 1.54) is 0 Å². The molecule has 5 heteroatoms. The van der Waals surface area contributed by atoms with Crippen LogP contribution >= 0.6 is 0 Å². The van der Waals surface area contributed by atoms with Gasteiger partial charge in [-0.25, -0.2) is 4.98 Å². The van der Waals surface area contributed by atoms with Crippen molar-refractivity contribution in [3.63, 3.8) is 0 Å². The second kappa shape index (κ2) is 8.47. The highest BCUT2D eigenvalue weighted by Crippen LogP contribution is 2.36. The standard InChI is InChI=1S/C19H30N2O3/c1-5-12-24-19(11-7-8-14(3)13-19)18(22)21-16-9-10-17(23-6-2)20-15(16)4/h9-10,14H,5-8,11-13H2,1-4H3,(H,21,22)/t14-,19+/m1/s1. The minimum Gasteiger partial charge on any atom is -0.478 e. The SMILES string of the molecule is CCCO[C@@]1(C(=O)Nc2ccc(OCC)nc2C)CCC[C@@H](C)C1. The number of hydrogen-bond donors (Lipinski definition) is 1. The molecular formula is C19H30N2O3. The molecule has 0 aliphatic heterocycles. The van der Waals surface area contributed by atoms with Crippen LogP contribution in [-0.4, -0.2) is 29.7 Å². The van der Waals surface area contributed by atoms with Crippen LogP contribution in [0.25, 0.3) is 0 Å². The summed E-state index contributed by atoms with van der Waals surface area (Å²) in [7, 11) is 0. The number of pyridine rings is 1. The molecule has 1 aliphatic carbocycles. The molecule has 5 nitrogen and oxygen atoms in total. The molecule has 0 radical (unpaired) electrons. The first kappa shape index (κ1) is 18.7. The minimum absolute atomic E-state index is 0.0449. The van der Waals surface area contributed by atoms with Crippen molar-refractivity contribution in [3.8, 4) is 5.88 Å².